The number of rotatable bonds is 5. The Morgan fingerprint density at radius 3 is 2.73 bits per heavy atom. The Hall–Kier alpha value is -3.29. The Bertz CT molecular complexity index is 1300. The van der Waals surface area contributed by atoms with Crippen molar-refractivity contribution in [3.05, 3.63) is 100 Å². The summed E-state index contributed by atoms with van der Waals surface area (Å²) in [6.45, 7) is 4.59. The fraction of sp³-hybridized carbons (Fsp3) is 0.200. The molecule has 0 spiro atoms. The first-order valence-electron chi connectivity index (χ1n) is 10.6. The van der Waals surface area contributed by atoms with Gasteiger partial charge in [0.05, 0.1) is 36.3 Å². The Morgan fingerprint density at radius 2 is 2.00 bits per heavy atom. The van der Waals surface area contributed by atoms with Gasteiger partial charge in [-0.3, -0.25) is 4.98 Å². The van der Waals surface area contributed by atoms with E-state index in [2.05, 4.69) is 21.3 Å². The van der Waals surface area contributed by atoms with Crippen molar-refractivity contribution in [3.8, 4) is 11.4 Å². The van der Waals surface area contributed by atoms with Crippen molar-refractivity contribution in [1.29, 1.82) is 0 Å². The maximum atomic E-state index is 10.6. The number of thiocarbonyl (C=S) groups is 1. The van der Waals surface area contributed by atoms with Gasteiger partial charge in [-0.1, -0.05) is 17.7 Å². The number of benzene rings is 1. The summed E-state index contributed by atoms with van der Waals surface area (Å²) in [5.74, 6) is 0.994. The van der Waals surface area contributed by atoms with Gasteiger partial charge in [-0.15, -0.1) is 0 Å². The van der Waals surface area contributed by atoms with E-state index in [4.69, 9.17) is 28.2 Å². The summed E-state index contributed by atoms with van der Waals surface area (Å²) in [7, 11) is 0. The van der Waals surface area contributed by atoms with Gasteiger partial charge < -0.3 is 24.3 Å². The van der Waals surface area contributed by atoms with Crippen LogP contribution in [0.3, 0.4) is 0 Å². The third-order valence-electron chi connectivity index (χ3n) is 6.07. The van der Waals surface area contributed by atoms with Gasteiger partial charge >= 0.3 is 0 Å². The van der Waals surface area contributed by atoms with E-state index in [1.54, 1.807) is 30.7 Å². The largest absolute Gasteiger partial charge is 0.506 e. The third-order valence-corrected chi connectivity index (χ3v) is 6.66. The van der Waals surface area contributed by atoms with Gasteiger partial charge in [0, 0.05) is 22.6 Å². The molecular weight excluding hydrogens is 456 g/mol. The Labute approximate surface area is 202 Å². The van der Waals surface area contributed by atoms with E-state index in [0.29, 0.717) is 22.4 Å². The van der Waals surface area contributed by atoms with Crippen molar-refractivity contribution in [3.63, 3.8) is 0 Å². The van der Waals surface area contributed by atoms with Crippen molar-refractivity contribution in [1.82, 2.24) is 19.8 Å². The number of nitrogens with one attached hydrogen (secondary N) is 1. The Morgan fingerprint density at radius 1 is 1.15 bits per heavy atom. The Balaban J connectivity index is 1.65. The number of furan rings is 1. The van der Waals surface area contributed by atoms with E-state index in [0.717, 1.165) is 28.4 Å². The molecule has 0 radical (unpaired) electrons. The van der Waals surface area contributed by atoms with Crippen LogP contribution in [0.2, 0.25) is 5.02 Å². The first-order chi connectivity index (χ1) is 15.9. The number of aryl methyl sites for hydroxylation is 1. The molecule has 0 unspecified atom stereocenters. The van der Waals surface area contributed by atoms with Crippen molar-refractivity contribution < 1.29 is 9.52 Å². The summed E-state index contributed by atoms with van der Waals surface area (Å²) in [5, 5.41) is 15.2. The zero-order valence-corrected chi connectivity index (χ0v) is 19.8. The summed E-state index contributed by atoms with van der Waals surface area (Å²) in [5.41, 5.74) is 4.61. The molecule has 8 heteroatoms. The number of hydrogen-bond acceptors (Lipinski definition) is 4. The van der Waals surface area contributed by atoms with Crippen LogP contribution in [0.25, 0.3) is 5.69 Å². The van der Waals surface area contributed by atoms with Crippen molar-refractivity contribution in [2.75, 3.05) is 0 Å². The first kappa shape index (κ1) is 21.6. The highest BCUT2D eigenvalue weighted by Crippen LogP contribution is 2.42. The molecule has 4 aromatic rings. The molecule has 0 saturated carbocycles. The maximum Gasteiger partial charge on any atom is 0.170 e. The average Bonchev–Trinajstić information content (AvgIpc) is 3.50. The van der Waals surface area contributed by atoms with Crippen LogP contribution in [0.4, 0.5) is 0 Å². The summed E-state index contributed by atoms with van der Waals surface area (Å²) >= 11 is 12.0. The SMILES string of the molecule is Cc1cc([C@@H]2[C@@H](c3ccccn3)NC(=S)N2Cc2ccco2)c(C)n1-c1cc(Cl)ccc1O. The van der Waals surface area contributed by atoms with E-state index in [9.17, 15) is 5.11 Å². The number of phenols is 1. The lowest BCUT2D eigenvalue weighted by Crippen LogP contribution is -2.29. The molecule has 0 bridgehead atoms. The van der Waals surface area contributed by atoms with Crippen LogP contribution in [-0.2, 0) is 6.54 Å². The molecule has 1 aliphatic rings. The van der Waals surface area contributed by atoms with Crippen molar-refractivity contribution in [2.45, 2.75) is 32.5 Å². The molecule has 3 aromatic heterocycles. The second-order valence-corrected chi connectivity index (χ2v) is 8.95. The molecule has 2 atom stereocenters. The van der Waals surface area contributed by atoms with Gasteiger partial charge in [-0.25, -0.2) is 0 Å². The molecule has 2 N–H and O–H groups in total. The first-order valence-corrected chi connectivity index (χ1v) is 11.4. The molecule has 5 rings (SSSR count). The minimum absolute atomic E-state index is 0.126. The quantitative estimate of drug-likeness (QED) is 0.363. The number of aromatic hydroxyl groups is 1. The van der Waals surface area contributed by atoms with E-state index in [1.165, 1.54) is 0 Å². The monoisotopic (exact) mass is 478 g/mol. The smallest absolute Gasteiger partial charge is 0.170 e. The number of aromatic nitrogens is 2. The van der Waals surface area contributed by atoms with E-state index < -0.39 is 0 Å². The number of hydrogen-bond donors (Lipinski definition) is 2. The lowest BCUT2D eigenvalue weighted by molar-refractivity contribution is 0.286. The minimum atomic E-state index is -0.143. The summed E-state index contributed by atoms with van der Waals surface area (Å²) < 4.78 is 7.65. The molecule has 1 aliphatic heterocycles. The van der Waals surface area contributed by atoms with Crippen molar-refractivity contribution in [2.24, 2.45) is 0 Å². The summed E-state index contributed by atoms with van der Waals surface area (Å²) in [6.07, 6.45) is 3.46. The number of halogens is 1. The number of pyridine rings is 1. The van der Waals surface area contributed by atoms with E-state index in [-0.39, 0.29) is 17.8 Å². The zero-order chi connectivity index (χ0) is 23.1. The molecular formula is C25H23ClN4O2S. The van der Waals surface area contributed by atoms with Gasteiger partial charge in [0.2, 0.25) is 0 Å². The highest BCUT2D eigenvalue weighted by atomic mass is 35.5. The molecule has 168 valence electrons. The predicted molar refractivity (Wildman–Crippen MR) is 132 cm³/mol. The van der Waals surface area contributed by atoms with E-state index in [1.807, 2.05) is 48.7 Å². The highest BCUT2D eigenvalue weighted by molar-refractivity contribution is 7.80. The fourth-order valence-electron chi connectivity index (χ4n) is 4.62. The molecule has 1 fully saturated rings. The standard InChI is InChI=1S/C25H23ClN4O2S/c1-15-12-19(16(2)30(15)21-13-17(26)8-9-22(21)31)24-23(20-7-3-4-10-27-20)28-25(33)29(24)14-18-6-5-11-32-18/h3-13,23-24,31H,14H2,1-2H3,(H,28,33)/t23-,24-/m1/s1. The molecule has 4 heterocycles. The van der Waals surface area contributed by atoms with Crippen LogP contribution in [0.1, 0.15) is 40.5 Å². The van der Waals surface area contributed by atoms with Crippen LogP contribution in [-0.4, -0.2) is 24.7 Å². The average molecular weight is 479 g/mol. The predicted octanol–water partition coefficient (Wildman–Crippen LogP) is 5.61. The minimum Gasteiger partial charge on any atom is -0.506 e. The summed E-state index contributed by atoms with van der Waals surface area (Å²) in [6, 6.07) is 16.6. The maximum absolute atomic E-state index is 10.6. The highest BCUT2D eigenvalue weighted by Gasteiger charge is 2.41. The molecule has 33 heavy (non-hydrogen) atoms. The molecule has 1 saturated heterocycles. The van der Waals surface area contributed by atoms with Crippen LogP contribution in [0, 0.1) is 13.8 Å². The second kappa shape index (κ2) is 8.57. The van der Waals surface area contributed by atoms with Gasteiger partial charge in [0.25, 0.3) is 0 Å². The lowest BCUT2D eigenvalue weighted by Gasteiger charge is -2.27. The molecule has 0 aliphatic carbocycles. The number of phenolic OH excluding ortho intramolecular Hbond substituents is 1. The van der Waals surface area contributed by atoms with E-state index >= 15 is 0 Å². The Kier molecular flexibility index (Phi) is 5.60. The number of nitrogens with zero attached hydrogens (tertiary/aromatic N) is 3. The van der Waals surface area contributed by atoms with Crippen LogP contribution in [0.15, 0.2) is 71.5 Å². The van der Waals surface area contributed by atoms with Gasteiger partial charge in [-0.05, 0) is 80.2 Å². The van der Waals surface area contributed by atoms with Gasteiger partial charge in [-0.2, -0.15) is 0 Å². The van der Waals surface area contributed by atoms with Gasteiger partial charge in [0.1, 0.15) is 11.5 Å². The van der Waals surface area contributed by atoms with Crippen LogP contribution < -0.4 is 5.32 Å². The second-order valence-electron chi connectivity index (χ2n) is 8.13. The fourth-order valence-corrected chi connectivity index (χ4v) is 5.09. The topological polar surface area (TPSA) is 66.5 Å². The summed E-state index contributed by atoms with van der Waals surface area (Å²) in [4.78, 5) is 6.75. The lowest BCUT2D eigenvalue weighted by atomic mass is 9.96. The molecule has 0 amide bonds. The van der Waals surface area contributed by atoms with Crippen molar-refractivity contribution >= 4 is 28.9 Å². The van der Waals surface area contributed by atoms with Gasteiger partial charge in [0.15, 0.2) is 5.11 Å². The molecule has 6 nitrogen and oxygen atoms in total. The molecule has 1 aromatic carbocycles. The zero-order valence-electron chi connectivity index (χ0n) is 18.2. The van der Waals surface area contributed by atoms with Crippen LogP contribution in [0.5, 0.6) is 5.75 Å². The third kappa shape index (κ3) is 3.87. The van der Waals surface area contributed by atoms with Crippen LogP contribution >= 0.6 is 23.8 Å². The normalized spacial score (nSPS) is 18.0.